The normalized spacial score (nSPS) is 14.7. The van der Waals surface area contributed by atoms with Crippen LogP contribution >= 0.6 is 11.6 Å². The average molecular weight is 316 g/mol. The summed E-state index contributed by atoms with van der Waals surface area (Å²) in [7, 11) is 0. The first-order valence-electron chi connectivity index (χ1n) is 7.50. The van der Waals surface area contributed by atoms with Crippen molar-refractivity contribution in [2.75, 3.05) is 23.3 Å². The number of anilines is 2. The number of carbonyl (C=O) groups is 1. The quantitative estimate of drug-likeness (QED) is 0.932. The molecule has 1 aliphatic heterocycles. The lowest BCUT2D eigenvalue weighted by molar-refractivity contribution is 0.102. The minimum absolute atomic E-state index is 0.208. The van der Waals surface area contributed by atoms with Crippen molar-refractivity contribution >= 4 is 29.0 Å². The largest absolute Gasteiger partial charge is 0.370 e. The molecule has 1 N–H and O–H groups in total. The summed E-state index contributed by atoms with van der Waals surface area (Å²) in [4.78, 5) is 18.8. The monoisotopic (exact) mass is 315 g/mol. The number of aromatic nitrogens is 1. The highest BCUT2D eigenvalue weighted by atomic mass is 35.5. The van der Waals surface area contributed by atoms with Gasteiger partial charge in [0.2, 0.25) is 0 Å². The fraction of sp³-hybridized carbons (Fsp3) is 0.294. The molecule has 0 atom stereocenters. The van der Waals surface area contributed by atoms with E-state index >= 15 is 0 Å². The lowest BCUT2D eigenvalue weighted by Crippen LogP contribution is -2.29. The second-order valence-corrected chi connectivity index (χ2v) is 5.85. The molecule has 0 unspecified atom stereocenters. The first-order chi connectivity index (χ1) is 10.7. The minimum Gasteiger partial charge on any atom is -0.370 e. The molecule has 22 heavy (non-hydrogen) atoms. The van der Waals surface area contributed by atoms with Crippen LogP contribution < -0.4 is 10.2 Å². The molecule has 1 aromatic carbocycles. The molecule has 0 aliphatic carbocycles. The summed E-state index contributed by atoms with van der Waals surface area (Å²) < 4.78 is 0. The summed E-state index contributed by atoms with van der Waals surface area (Å²) in [5.41, 5.74) is 1.63. The van der Waals surface area contributed by atoms with Crippen LogP contribution in [0.1, 0.15) is 29.6 Å². The Labute approximate surface area is 135 Å². The number of pyridine rings is 1. The van der Waals surface area contributed by atoms with E-state index < -0.39 is 0 Å². The molecule has 1 fully saturated rings. The van der Waals surface area contributed by atoms with Crippen molar-refractivity contribution in [3.63, 3.8) is 0 Å². The molecule has 0 bridgehead atoms. The van der Waals surface area contributed by atoms with Crippen molar-refractivity contribution < 1.29 is 4.79 Å². The maximum atomic E-state index is 12.1. The van der Waals surface area contributed by atoms with Crippen LogP contribution in [0.25, 0.3) is 0 Å². The Kier molecular flexibility index (Phi) is 4.59. The fourth-order valence-corrected chi connectivity index (χ4v) is 2.81. The van der Waals surface area contributed by atoms with Gasteiger partial charge in [-0.2, -0.15) is 0 Å². The van der Waals surface area contributed by atoms with Crippen molar-refractivity contribution in [3.05, 3.63) is 53.2 Å². The predicted molar refractivity (Wildman–Crippen MR) is 89.7 cm³/mol. The molecule has 0 radical (unpaired) electrons. The number of halogens is 1. The molecule has 3 rings (SSSR count). The van der Waals surface area contributed by atoms with Gasteiger partial charge in [0.05, 0.1) is 11.9 Å². The van der Waals surface area contributed by atoms with E-state index in [1.54, 1.807) is 24.3 Å². The second kappa shape index (κ2) is 6.79. The average Bonchev–Trinajstić information content (AvgIpc) is 2.56. The highest BCUT2D eigenvalue weighted by molar-refractivity contribution is 6.31. The molecule has 1 saturated heterocycles. The van der Waals surface area contributed by atoms with Crippen LogP contribution in [-0.4, -0.2) is 24.0 Å². The molecule has 1 aliphatic rings. The first kappa shape index (κ1) is 14.9. The maximum absolute atomic E-state index is 12.1. The van der Waals surface area contributed by atoms with Gasteiger partial charge in [-0.1, -0.05) is 17.7 Å². The van der Waals surface area contributed by atoms with Crippen molar-refractivity contribution in [2.24, 2.45) is 0 Å². The molecular weight excluding hydrogens is 298 g/mol. The van der Waals surface area contributed by atoms with Gasteiger partial charge < -0.3 is 10.2 Å². The van der Waals surface area contributed by atoms with Crippen LogP contribution in [-0.2, 0) is 0 Å². The summed E-state index contributed by atoms with van der Waals surface area (Å²) in [5.74, 6) is 0.339. The Morgan fingerprint density at radius 2 is 1.95 bits per heavy atom. The molecule has 4 nitrogen and oxygen atoms in total. The number of piperidine rings is 1. The second-order valence-electron chi connectivity index (χ2n) is 5.41. The van der Waals surface area contributed by atoms with Gasteiger partial charge >= 0.3 is 0 Å². The molecule has 0 saturated carbocycles. The number of carbonyl (C=O) groups excluding carboxylic acids is 1. The molecule has 114 valence electrons. The lowest BCUT2D eigenvalue weighted by Gasteiger charge is -2.28. The fourth-order valence-electron chi connectivity index (χ4n) is 2.62. The lowest BCUT2D eigenvalue weighted by atomic mass is 10.1. The van der Waals surface area contributed by atoms with Crippen molar-refractivity contribution in [1.82, 2.24) is 4.98 Å². The van der Waals surface area contributed by atoms with Crippen LogP contribution in [0.15, 0.2) is 42.6 Å². The topological polar surface area (TPSA) is 45.2 Å². The van der Waals surface area contributed by atoms with Gasteiger partial charge in [-0.15, -0.1) is 0 Å². The zero-order chi connectivity index (χ0) is 15.4. The summed E-state index contributed by atoms with van der Waals surface area (Å²) in [5, 5.41) is 3.33. The van der Waals surface area contributed by atoms with Crippen LogP contribution in [0.5, 0.6) is 0 Å². The molecule has 5 heteroatoms. The van der Waals surface area contributed by atoms with Gasteiger partial charge in [0.1, 0.15) is 5.82 Å². The molecule has 2 heterocycles. The summed E-state index contributed by atoms with van der Waals surface area (Å²) in [6.45, 7) is 2.16. The number of hydrogen-bond acceptors (Lipinski definition) is 3. The molecule has 0 spiro atoms. The third-order valence-corrected chi connectivity index (χ3v) is 4.03. The SMILES string of the molecule is O=C(Nc1ccc(N2CCCCC2)cn1)c1cccc(Cl)c1. The van der Waals surface area contributed by atoms with Crippen molar-refractivity contribution in [1.29, 1.82) is 0 Å². The number of nitrogens with zero attached hydrogens (tertiary/aromatic N) is 2. The van der Waals surface area contributed by atoms with E-state index in [9.17, 15) is 4.79 Å². The Hall–Kier alpha value is -2.07. The van der Waals surface area contributed by atoms with Gasteiger partial charge in [-0.05, 0) is 49.6 Å². The van der Waals surface area contributed by atoms with Crippen molar-refractivity contribution in [3.8, 4) is 0 Å². The van der Waals surface area contributed by atoms with E-state index in [0.29, 0.717) is 16.4 Å². The van der Waals surface area contributed by atoms with E-state index in [2.05, 4.69) is 15.2 Å². The molecule has 1 aromatic heterocycles. The standard InChI is InChI=1S/C17H18ClN3O/c18-14-6-4-5-13(11-14)17(22)20-16-8-7-15(12-19-16)21-9-2-1-3-10-21/h4-8,11-12H,1-3,9-10H2,(H,19,20,22). The molecular formula is C17H18ClN3O. The van der Waals surface area contributed by atoms with Crippen molar-refractivity contribution in [2.45, 2.75) is 19.3 Å². The van der Waals surface area contributed by atoms with E-state index in [-0.39, 0.29) is 5.91 Å². The summed E-state index contributed by atoms with van der Waals surface area (Å²) >= 11 is 5.90. The Balaban J connectivity index is 1.66. The highest BCUT2D eigenvalue weighted by Gasteiger charge is 2.12. The van der Waals surface area contributed by atoms with Gasteiger partial charge in [0.15, 0.2) is 0 Å². The van der Waals surface area contributed by atoms with Gasteiger partial charge in [0.25, 0.3) is 5.91 Å². The third-order valence-electron chi connectivity index (χ3n) is 3.80. The Morgan fingerprint density at radius 1 is 1.14 bits per heavy atom. The van der Waals surface area contributed by atoms with E-state index in [1.807, 2.05) is 18.3 Å². The molecule has 2 aromatic rings. The molecule has 1 amide bonds. The number of nitrogens with one attached hydrogen (secondary N) is 1. The first-order valence-corrected chi connectivity index (χ1v) is 7.88. The maximum Gasteiger partial charge on any atom is 0.256 e. The number of amides is 1. The van der Waals surface area contributed by atoms with Gasteiger partial charge in [-0.25, -0.2) is 4.98 Å². The zero-order valence-electron chi connectivity index (χ0n) is 12.3. The third kappa shape index (κ3) is 3.57. The minimum atomic E-state index is -0.208. The highest BCUT2D eigenvalue weighted by Crippen LogP contribution is 2.20. The van der Waals surface area contributed by atoms with Crippen LogP contribution in [0, 0.1) is 0 Å². The van der Waals surface area contributed by atoms with E-state index in [4.69, 9.17) is 11.6 Å². The number of benzene rings is 1. The van der Waals surface area contributed by atoms with Crippen LogP contribution in [0.4, 0.5) is 11.5 Å². The van der Waals surface area contributed by atoms with E-state index in [1.165, 1.54) is 19.3 Å². The van der Waals surface area contributed by atoms with Crippen LogP contribution in [0.2, 0.25) is 5.02 Å². The van der Waals surface area contributed by atoms with Crippen LogP contribution in [0.3, 0.4) is 0 Å². The number of hydrogen-bond donors (Lipinski definition) is 1. The Morgan fingerprint density at radius 3 is 2.64 bits per heavy atom. The Bertz CT molecular complexity index is 651. The van der Waals surface area contributed by atoms with Gasteiger partial charge in [-0.3, -0.25) is 4.79 Å². The smallest absolute Gasteiger partial charge is 0.256 e. The zero-order valence-corrected chi connectivity index (χ0v) is 13.0. The summed E-state index contributed by atoms with van der Waals surface area (Å²) in [6.07, 6.45) is 5.58. The van der Waals surface area contributed by atoms with E-state index in [0.717, 1.165) is 18.8 Å². The van der Waals surface area contributed by atoms with Gasteiger partial charge in [0, 0.05) is 23.7 Å². The number of rotatable bonds is 3. The predicted octanol–water partition coefficient (Wildman–Crippen LogP) is 3.98. The summed E-state index contributed by atoms with van der Waals surface area (Å²) in [6, 6.07) is 10.7.